The molecule has 1 aliphatic heterocycles. The number of amides is 1. The van der Waals surface area contributed by atoms with Gasteiger partial charge in [-0.3, -0.25) is 10.1 Å². The van der Waals surface area contributed by atoms with Gasteiger partial charge < -0.3 is 9.64 Å². The summed E-state index contributed by atoms with van der Waals surface area (Å²) in [5.74, 6) is 0. The number of carbonyl (C=O) groups is 2. The van der Waals surface area contributed by atoms with Crippen LogP contribution in [-0.4, -0.2) is 58.0 Å². The molecule has 9 heteroatoms. The van der Waals surface area contributed by atoms with E-state index in [1.807, 2.05) is 52.5 Å². The first kappa shape index (κ1) is 23.2. The molecule has 35 heavy (non-hydrogen) atoms. The van der Waals surface area contributed by atoms with Gasteiger partial charge in [-0.25, -0.2) is 9.48 Å². The zero-order chi connectivity index (χ0) is 24.0. The number of hydrogen-bond donors (Lipinski definition) is 1. The number of nitrogens with zero attached hydrogens (tertiary/aromatic N) is 4. The van der Waals surface area contributed by atoms with Gasteiger partial charge in [-0.05, 0) is 61.0 Å². The van der Waals surface area contributed by atoms with Gasteiger partial charge in [0.15, 0.2) is 0 Å². The van der Waals surface area contributed by atoms with Gasteiger partial charge in [0, 0.05) is 25.2 Å². The molecule has 1 saturated heterocycles. The average molecular weight is 490 g/mol. The van der Waals surface area contributed by atoms with E-state index in [4.69, 9.17) is 4.74 Å². The van der Waals surface area contributed by atoms with Crippen LogP contribution in [0.3, 0.4) is 0 Å². The number of aryl methyl sites for hydroxylation is 1. The quantitative estimate of drug-likeness (QED) is 0.348. The largest absolute Gasteiger partial charge is 0.446 e. The van der Waals surface area contributed by atoms with E-state index in [1.165, 1.54) is 0 Å². The van der Waals surface area contributed by atoms with Crippen LogP contribution in [0.5, 0.6) is 0 Å². The summed E-state index contributed by atoms with van der Waals surface area (Å²) in [5, 5.41) is 13.3. The molecule has 5 rings (SSSR count). The second kappa shape index (κ2) is 10.8. The molecule has 1 fully saturated rings. The number of fused-ring (bicyclic) bond motifs is 1. The number of nitrogens with one attached hydrogen (secondary N) is 1. The van der Waals surface area contributed by atoms with Crippen molar-refractivity contribution >= 4 is 40.4 Å². The van der Waals surface area contributed by atoms with Gasteiger partial charge in [-0.1, -0.05) is 35.5 Å². The van der Waals surface area contributed by atoms with Crippen LogP contribution in [0, 0.1) is 0 Å². The summed E-state index contributed by atoms with van der Waals surface area (Å²) < 4.78 is 7.60. The van der Waals surface area contributed by atoms with Crippen molar-refractivity contribution in [2.45, 2.75) is 31.9 Å². The molecule has 2 aromatic carbocycles. The smallest absolute Gasteiger partial charge is 0.411 e. The van der Waals surface area contributed by atoms with Crippen LogP contribution in [0.2, 0.25) is 0 Å². The highest BCUT2D eigenvalue weighted by Crippen LogP contribution is 2.33. The molecule has 0 atom stereocenters. The molecule has 0 unspecified atom stereocenters. The highest BCUT2D eigenvalue weighted by molar-refractivity contribution is 7.14. The van der Waals surface area contributed by atoms with Crippen LogP contribution >= 0.6 is 11.3 Å². The minimum atomic E-state index is -0.394. The van der Waals surface area contributed by atoms with Gasteiger partial charge in [-0.15, -0.1) is 16.4 Å². The number of piperidine rings is 1. The van der Waals surface area contributed by atoms with E-state index in [9.17, 15) is 9.59 Å². The molecular weight excluding hydrogens is 462 g/mol. The van der Waals surface area contributed by atoms with Crippen LogP contribution < -0.4 is 5.32 Å². The maximum atomic E-state index is 12.5. The van der Waals surface area contributed by atoms with Gasteiger partial charge >= 0.3 is 6.09 Å². The molecule has 4 aromatic rings. The standard InChI is InChI=1S/C26H27N5O3S/c32-18-19-7-8-24-23(17-19)28-29-31(24)13-4-12-30-14-9-21(10-15-30)34-26(33)27-22-11-16-35-25(22)20-5-2-1-3-6-20/h1-3,5-8,11,16-18,21H,4,9-10,12-15H2,(H,27,33). The molecule has 3 heterocycles. The predicted octanol–water partition coefficient (Wildman–Crippen LogP) is 5.08. The molecule has 1 aliphatic rings. The maximum Gasteiger partial charge on any atom is 0.411 e. The number of ether oxygens (including phenoxy) is 1. The summed E-state index contributed by atoms with van der Waals surface area (Å²) >= 11 is 1.60. The third kappa shape index (κ3) is 5.58. The Bertz CT molecular complexity index is 1290. The van der Waals surface area contributed by atoms with E-state index in [0.717, 1.165) is 78.9 Å². The molecule has 0 aliphatic carbocycles. The molecule has 0 saturated carbocycles. The van der Waals surface area contributed by atoms with Crippen molar-refractivity contribution in [2.75, 3.05) is 25.0 Å². The summed E-state index contributed by atoms with van der Waals surface area (Å²) in [6.45, 7) is 3.50. The van der Waals surface area contributed by atoms with Crippen molar-refractivity contribution in [3.05, 3.63) is 65.5 Å². The van der Waals surface area contributed by atoms with Crippen molar-refractivity contribution in [1.82, 2.24) is 19.9 Å². The SMILES string of the molecule is O=Cc1ccc2c(c1)nnn2CCCN1CCC(OC(=O)Nc2ccsc2-c2ccccc2)CC1. The first-order valence-corrected chi connectivity index (χ1v) is 12.7. The third-order valence-corrected chi connectivity index (χ3v) is 7.23. The van der Waals surface area contributed by atoms with E-state index in [1.54, 1.807) is 23.5 Å². The minimum absolute atomic E-state index is 0.0728. The fourth-order valence-corrected chi connectivity index (χ4v) is 5.29. The van der Waals surface area contributed by atoms with Crippen molar-refractivity contribution in [3.63, 3.8) is 0 Å². The highest BCUT2D eigenvalue weighted by atomic mass is 32.1. The summed E-state index contributed by atoms with van der Waals surface area (Å²) in [5.41, 5.74) is 4.15. The van der Waals surface area contributed by atoms with Crippen LogP contribution in [-0.2, 0) is 11.3 Å². The Balaban J connectivity index is 1.05. The zero-order valence-electron chi connectivity index (χ0n) is 19.3. The number of aromatic nitrogens is 3. The lowest BCUT2D eigenvalue weighted by Gasteiger charge is -2.31. The van der Waals surface area contributed by atoms with Gasteiger partial charge in [0.1, 0.15) is 17.9 Å². The lowest BCUT2D eigenvalue weighted by molar-refractivity contribution is 0.0583. The Morgan fingerprint density at radius 1 is 1.11 bits per heavy atom. The van der Waals surface area contributed by atoms with E-state index in [2.05, 4.69) is 20.5 Å². The Hall–Kier alpha value is -3.56. The highest BCUT2D eigenvalue weighted by Gasteiger charge is 2.23. The van der Waals surface area contributed by atoms with Crippen LogP contribution in [0.25, 0.3) is 21.5 Å². The number of hydrogen-bond acceptors (Lipinski definition) is 7. The van der Waals surface area contributed by atoms with Crippen LogP contribution in [0.15, 0.2) is 60.0 Å². The zero-order valence-corrected chi connectivity index (χ0v) is 20.1. The number of rotatable bonds is 8. The lowest BCUT2D eigenvalue weighted by Crippen LogP contribution is -2.39. The monoisotopic (exact) mass is 489 g/mol. The van der Waals surface area contributed by atoms with Gasteiger partial charge in [-0.2, -0.15) is 0 Å². The molecule has 1 N–H and O–H groups in total. The van der Waals surface area contributed by atoms with E-state index < -0.39 is 6.09 Å². The van der Waals surface area contributed by atoms with Crippen molar-refractivity contribution in [3.8, 4) is 10.4 Å². The first-order valence-electron chi connectivity index (χ1n) is 11.8. The fourth-order valence-electron chi connectivity index (χ4n) is 4.43. The Labute approximate surface area is 207 Å². The Kier molecular flexibility index (Phi) is 7.15. The minimum Gasteiger partial charge on any atom is -0.446 e. The predicted molar refractivity (Wildman–Crippen MR) is 137 cm³/mol. The summed E-state index contributed by atoms with van der Waals surface area (Å²) in [6.07, 6.45) is 2.94. The lowest BCUT2D eigenvalue weighted by atomic mass is 10.1. The normalized spacial score (nSPS) is 14.7. The van der Waals surface area contributed by atoms with E-state index >= 15 is 0 Å². The molecule has 1 amide bonds. The number of likely N-dealkylation sites (tertiary alicyclic amines) is 1. The fraction of sp³-hybridized carbons (Fsp3) is 0.308. The number of anilines is 1. The number of thiophene rings is 1. The molecule has 0 radical (unpaired) electrons. The molecular formula is C26H27N5O3S. The maximum absolute atomic E-state index is 12.5. The van der Waals surface area contributed by atoms with Crippen molar-refractivity contribution in [1.29, 1.82) is 0 Å². The molecule has 0 spiro atoms. The third-order valence-electron chi connectivity index (χ3n) is 6.26. The average Bonchev–Trinajstić information content (AvgIpc) is 3.52. The topological polar surface area (TPSA) is 89.3 Å². The molecule has 2 aromatic heterocycles. The van der Waals surface area contributed by atoms with E-state index in [0.29, 0.717) is 5.56 Å². The van der Waals surface area contributed by atoms with Crippen molar-refractivity contribution < 1.29 is 14.3 Å². The summed E-state index contributed by atoms with van der Waals surface area (Å²) in [6, 6.07) is 17.4. The molecule has 8 nitrogen and oxygen atoms in total. The summed E-state index contributed by atoms with van der Waals surface area (Å²) in [7, 11) is 0. The van der Waals surface area contributed by atoms with Crippen LogP contribution in [0.1, 0.15) is 29.6 Å². The molecule has 0 bridgehead atoms. The summed E-state index contributed by atoms with van der Waals surface area (Å²) in [4.78, 5) is 26.9. The van der Waals surface area contributed by atoms with Crippen LogP contribution in [0.4, 0.5) is 10.5 Å². The Morgan fingerprint density at radius 3 is 2.74 bits per heavy atom. The second-order valence-corrected chi connectivity index (χ2v) is 9.55. The van der Waals surface area contributed by atoms with Gasteiger partial charge in [0.25, 0.3) is 0 Å². The number of aldehydes is 1. The number of carbonyl (C=O) groups excluding carboxylic acids is 2. The number of benzene rings is 2. The second-order valence-electron chi connectivity index (χ2n) is 8.63. The van der Waals surface area contributed by atoms with Crippen molar-refractivity contribution in [2.24, 2.45) is 0 Å². The first-order chi connectivity index (χ1) is 17.2. The molecule has 180 valence electrons. The van der Waals surface area contributed by atoms with E-state index in [-0.39, 0.29) is 6.10 Å². The van der Waals surface area contributed by atoms with Gasteiger partial charge in [0.2, 0.25) is 0 Å². The Morgan fingerprint density at radius 2 is 1.94 bits per heavy atom. The van der Waals surface area contributed by atoms with Gasteiger partial charge in [0.05, 0.1) is 16.1 Å².